The third kappa shape index (κ3) is 3.46. The van der Waals surface area contributed by atoms with Gasteiger partial charge in [0.25, 0.3) is 0 Å². The lowest BCUT2D eigenvalue weighted by atomic mass is 9.74. The van der Waals surface area contributed by atoms with Crippen LogP contribution in [0.2, 0.25) is 0 Å². The molecule has 1 aliphatic carbocycles. The van der Waals surface area contributed by atoms with Gasteiger partial charge in [-0.3, -0.25) is 0 Å². The largest absolute Gasteiger partial charge is 0.381 e. The van der Waals surface area contributed by atoms with Crippen LogP contribution in [-0.2, 0) is 4.74 Å². The second-order valence-corrected chi connectivity index (χ2v) is 6.30. The van der Waals surface area contributed by atoms with E-state index in [1.165, 1.54) is 38.5 Å². The maximum atomic E-state index is 5.52. The minimum Gasteiger partial charge on any atom is -0.381 e. The van der Waals surface area contributed by atoms with Crippen LogP contribution in [0.4, 0.5) is 0 Å². The summed E-state index contributed by atoms with van der Waals surface area (Å²) in [5, 5.41) is 3.44. The third-order valence-corrected chi connectivity index (χ3v) is 5.01. The predicted molar refractivity (Wildman–Crippen MR) is 75.8 cm³/mol. The Morgan fingerprint density at radius 3 is 2.00 bits per heavy atom. The molecule has 1 heterocycles. The zero-order chi connectivity index (χ0) is 13.0. The van der Waals surface area contributed by atoms with Gasteiger partial charge in [-0.05, 0) is 71.5 Å². The molecule has 2 fully saturated rings. The van der Waals surface area contributed by atoms with E-state index in [1.54, 1.807) is 0 Å². The summed E-state index contributed by atoms with van der Waals surface area (Å²) in [5.74, 6) is 1.75. The van der Waals surface area contributed by atoms with Crippen molar-refractivity contribution in [1.29, 1.82) is 0 Å². The monoisotopic (exact) mass is 254 g/mol. The van der Waals surface area contributed by atoms with Crippen LogP contribution in [0.15, 0.2) is 0 Å². The molecule has 1 atom stereocenters. The minimum absolute atomic E-state index is 0.763. The zero-order valence-electron chi connectivity index (χ0n) is 12.3. The average Bonchev–Trinajstić information content (AvgIpc) is 2.40. The molecule has 0 aromatic carbocycles. The van der Waals surface area contributed by atoms with E-state index in [0.29, 0.717) is 0 Å². The van der Waals surface area contributed by atoms with Crippen molar-refractivity contribution < 1.29 is 4.74 Å². The van der Waals surface area contributed by atoms with Crippen LogP contribution in [-0.4, -0.2) is 51.3 Å². The van der Waals surface area contributed by atoms with E-state index in [0.717, 1.165) is 37.1 Å². The van der Waals surface area contributed by atoms with Crippen molar-refractivity contribution in [2.75, 3.05) is 34.4 Å². The van der Waals surface area contributed by atoms with E-state index in [-0.39, 0.29) is 0 Å². The fourth-order valence-corrected chi connectivity index (χ4v) is 4.03. The molecule has 0 aromatic heterocycles. The summed E-state index contributed by atoms with van der Waals surface area (Å²) in [7, 11) is 6.64. The number of rotatable bonds is 4. The summed E-state index contributed by atoms with van der Waals surface area (Å²) < 4.78 is 5.52. The second-order valence-electron chi connectivity index (χ2n) is 6.30. The first-order chi connectivity index (χ1) is 8.72. The Bertz CT molecular complexity index is 231. The van der Waals surface area contributed by atoms with Gasteiger partial charge < -0.3 is 15.0 Å². The summed E-state index contributed by atoms with van der Waals surface area (Å²) in [6.07, 6.45) is 8.02. The molecule has 0 spiro atoms. The molecule has 18 heavy (non-hydrogen) atoms. The minimum atomic E-state index is 0.763. The first kappa shape index (κ1) is 14.3. The van der Waals surface area contributed by atoms with Crippen LogP contribution in [0.5, 0.6) is 0 Å². The molecule has 3 nitrogen and oxygen atoms in total. The van der Waals surface area contributed by atoms with Gasteiger partial charge in [0.1, 0.15) is 0 Å². The van der Waals surface area contributed by atoms with Gasteiger partial charge in [-0.2, -0.15) is 0 Å². The standard InChI is InChI=1S/C15H30N2O/c1-16-14-6-4-12(5-7-14)15(17(2)3)13-8-10-18-11-9-13/h12-16H,4-11H2,1-3H3. The third-order valence-electron chi connectivity index (χ3n) is 5.01. The maximum absolute atomic E-state index is 5.52. The van der Waals surface area contributed by atoms with Crippen molar-refractivity contribution in [3.63, 3.8) is 0 Å². The Morgan fingerprint density at radius 2 is 1.50 bits per heavy atom. The van der Waals surface area contributed by atoms with Crippen molar-refractivity contribution in [3.8, 4) is 0 Å². The van der Waals surface area contributed by atoms with E-state index in [1.807, 2.05) is 0 Å². The van der Waals surface area contributed by atoms with E-state index in [9.17, 15) is 0 Å². The lowest BCUT2D eigenvalue weighted by Crippen LogP contribution is -2.46. The summed E-state index contributed by atoms with van der Waals surface area (Å²) in [5.41, 5.74) is 0. The summed E-state index contributed by atoms with van der Waals surface area (Å²) >= 11 is 0. The number of nitrogens with one attached hydrogen (secondary N) is 1. The van der Waals surface area contributed by atoms with Gasteiger partial charge in [0.15, 0.2) is 0 Å². The number of hydrogen-bond acceptors (Lipinski definition) is 3. The quantitative estimate of drug-likeness (QED) is 0.832. The molecule has 106 valence electrons. The van der Waals surface area contributed by atoms with Crippen molar-refractivity contribution in [2.45, 2.75) is 50.6 Å². The highest BCUT2D eigenvalue weighted by atomic mass is 16.5. The van der Waals surface area contributed by atoms with Crippen LogP contribution in [0, 0.1) is 11.8 Å². The molecule has 2 rings (SSSR count). The van der Waals surface area contributed by atoms with Crippen LogP contribution in [0.1, 0.15) is 38.5 Å². The van der Waals surface area contributed by atoms with Gasteiger partial charge >= 0.3 is 0 Å². The Labute approximate surface area is 112 Å². The molecule has 0 amide bonds. The zero-order valence-corrected chi connectivity index (χ0v) is 12.3. The Morgan fingerprint density at radius 1 is 0.944 bits per heavy atom. The molecule has 1 saturated heterocycles. The Balaban J connectivity index is 1.93. The van der Waals surface area contributed by atoms with E-state index in [4.69, 9.17) is 4.74 Å². The van der Waals surface area contributed by atoms with Crippen LogP contribution in [0.25, 0.3) is 0 Å². The van der Waals surface area contributed by atoms with Gasteiger partial charge in [-0.15, -0.1) is 0 Å². The normalized spacial score (nSPS) is 32.7. The average molecular weight is 254 g/mol. The molecule has 1 saturated carbocycles. The highest BCUT2D eigenvalue weighted by molar-refractivity contribution is 4.88. The molecular weight excluding hydrogens is 224 g/mol. The topological polar surface area (TPSA) is 24.5 Å². The van der Waals surface area contributed by atoms with Crippen LogP contribution in [0.3, 0.4) is 0 Å². The highest BCUT2D eigenvalue weighted by Gasteiger charge is 2.34. The first-order valence-electron chi connectivity index (χ1n) is 7.63. The van der Waals surface area contributed by atoms with Gasteiger partial charge in [-0.1, -0.05) is 0 Å². The molecular formula is C15H30N2O. The molecule has 0 aromatic rings. The number of hydrogen-bond donors (Lipinski definition) is 1. The molecule has 0 radical (unpaired) electrons. The summed E-state index contributed by atoms with van der Waals surface area (Å²) in [4.78, 5) is 2.49. The van der Waals surface area contributed by atoms with Crippen molar-refractivity contribution >= 4 is 0 Å². The van der Waals surface area contributed by atoms with Crippen molar-refractivity contribution in [1.82, 2.24) is 10.2 Å². The second kappa shape index (κ2) is 6.88. The van der Waals surface area contributed by atoms with Gasteiger partial charge in [0.2, 0.25) is 0 Å². The van der Waals surface area contributed by atoms with E-state index < -0.39 is 0 Å². The first-order valence-corrected chi connectivity index (χ1v) is 7.63. The van der Waals surface area contributed by atoms with Crippen LogP contribution < -0.4 is 5.32 Å². The molecule has 3 heteroatoms. The molecule has 0 bridgehead atoms. The van der Waals surface area contributed by atoms with E-state index >= 15 is 0 Å². The smallest absolute Gasteiger partial charge is 0.0469 e. The van der Waals surface area contributed by atoms with Crippen molar-refractivity contribution in [2.24, 2.45) is 11.8 Å². The molecule has 1 aliphatic heterocycles. The molecule has 2 aliphatic rings. The number of nitrogens with zero attached hydrogens (tertiary/aromatic N) is 1. The Kier molecular flexibility index (Phi) is 5.46. The lowest BCUT2D eigenvalue weighted by molar-refractivity contribution is 0.0130. The lowest BCUT2D eigenvalue weighted by Gasteiger charge is -2.42. The fraction of sp³-hybridized carbons (Fsp3) is 1.00. The SMILES string of the molecule is CNC1CCC(C(C2CCOCC2)N(C)C)CC1. The predicted octanol–water partition coefficient (Wildman–Crippen LogP) is 2.12. The van der Waals surface area contributed by atoms with Crippen molar-refractivity contribution in [3.05, 3.63) is 0 Å². The van der Waals surface area contributed by atoms with Gasteiger partial charge in [0.05, 0.1) is 0 Å². The Hall–Kier alpha value is -0.120. The van der Waals surface area contributed by atoms with Crippen LogP contribution >= 0.6 is 0 Å². The number of ether oxygens (including phenoxy) is 1. The van der Waals surface area contributed by atoms with E-state index in [2.05, 4.69) is 31.4 Å². The molecule has 1 N–H and O–H groups in total. The maximum Gasteiger partial charge on any atom is 0.0469 e. The summed E-state index contributed by atoms with van der Waals surface area (Å²) in [6.45, 7) is 1.95. The summed E-state index contributed by atoms with van der Waals surface area (Å²) in [6, 6.07) is 1.53. The fourth-order valence-electron chi connectivity index (χ4n) is 4.03. The van der Waals surface area contributed by atoms with Gasteiger partial charge in [-0.25, -0.2) is 0 Å². The van der Waals surface area contributed by atoms with Gasteiger partial charge in [0, 0.05) is 25.3 Å². The highest BCUT2D eigenvalue weighted by Crippen LogP contribution is 2.35. The molecule has 1 unspecified atom stereocenters.